The molecule has 80 valence electrons. The summed E-state index contributed by atoms with van der Waals surface area (Å²) in [6.07, 6.45) is 4.31. The SMILES string of the molecule is NCCCCS(=O)(=O)Nc1ncc[nH]1. The summed E-state index contributed by atoms with van der Waals surface area (Å²) < 4.78 is 25.0. The van der Waals surface area contributed by atoms with E-state index in [1.807, 2.05) is 0 Å². The summed E-state index contributed by atoms with van der Waals surface area (Å²) in [7, 11) is -3.28. The van der Waals surface area contributed by atoms with Crippen molar-refractivity contribution in [2.75, 3.05) is 17.0 Å². The van der Waals surface area contributed by atoms with E-state index >= 15 is 0 Å². The Labute approximate surface area is 83.0 Å². The molecule has 0 saturated carbocycles. The number of nitrogens with two attached hydrogens (primary N) is 1. The first kappa shape index (κ1) is 11.0. The van der Waals surface area contributed by atoms with Crippen LogP contribution in [0, 0.1) is 0 Å². The molecule has 0 unspecified atom stereocenters. The average Bonchev–Trinajstić information content (AvgIpc) is 2.56. The third-order valence-corrected chi connectivity index (χ3v) is 2.95. The van der Waals surface area contributed by atoms with Gasteiger partial charge in [-0.3, -0.25) is 4.72 Å². The van der Waals surface area contributed by atoms with Crippen LogP contribution < -0.4 is 10.5 Å². The maximum atomic E-state index is 11.4. The van der Waals surface area contributed by atoms with Crippen molar-refractivity contribution in [2.24, 2.45) is 5.73 Å². The Bertz CT molecular complexity index is 346. The van der Waals surface area contributed by atoms with Crippen molar-refractivity contribution in [3.05, 3.63) is 12.4 Å². The minimum absolute atomic E-state index is 0.0743. The van der Waals surface area contributed by atoms with Crippen molar-refractivity contribution < 1.29 is 8.42 Å². The predicted molar refractivity (Wildman–Crippen MR) is 54.3 cm³/mol. The third kappa shape index (κ3) is 3.75. The van der Waals surface area contributed by atoms with Gasteiger partial charge in [-0.2, -0.15) is 0 Å². The molecule has 0 aliphatic heterocycles. The van der Waals surface area contributed by atoms with Gasteiger partial charge in [0.2, 0.25) is 16.0 Å². The van der Waals surface area contributed by atoms with Gasteiger partial charge in [-0.05, 0) is 19.4 Å². The lowest BCUT2D eigenvalue weighted by atomic mass is 10.3. The number of hydrogen-bond donors (Lipinski definition) is 3. The highest BCUT2D eigenvalue weighted by Crippen LogP contribution is 2.02. The van der Waals surface area contributed by atoms with Crippen LogP contribution in [0.1, 0.15) is 12.8 Å². The smallest absolute Gasteiger partial charge is 0.234 e. The number of aromatic nitrogens is 2. The van der Waals surface area contributed by atoms with Crippen molar-refractivity contribution in [1.29, 1.82) is 0 Å². The average molecular weight is 218 g/mol. The molecule has 0 aliphatic carbocycles. The molecule has 0 fully saturated rings. The standard InChI is InChI=1S/C7H14N4O2S/c8-3-1-2-6-14(12,13)11-7-9-4-5-10-7/h4-5H,1-3,6,8H2,(H2,9,10,11). The monoisotopic (exact) mass is 218 g/mol. The van der Waals surface area contributed by atoms with E-state index in [2.05, 4.69) is 14.7 Å². The minimum Gasteiger partial charge on any atom is -0.330 e. The summed E-state index contributed by atoms with van der Waals surface area (Å²) in [6, 6.07) is 0. The fraction of sp³-hybridized carbons (Fsp3) is 0.571. The largest absolute Gasteiger partial charge is 0.330 e. The van der Waals surface area contributed by atoms with Gasteiger partial charge < -0.3 is 10.7 Å². The van der Waals surface area contributed by atoms with Crippen molar-refractivity contribution in [2.45, 2.75) is 12.8 Å². The lowest BCUT2D eigenvalue weighted by molar-refractivity contribution is 0.596. The summed E-state index contributed by atoms with van der Waals surface area (Å²) in [5.74, 6) is 0.322. The molecule has 0 amide bonds. The number of sulfonamides is 1. The Balaban J connectivity index is 2.42. The van der Waals surface area contributed by atoms with Crippen LogP contribution in [-0.4, -0.2) is 30.7 Å². The normalized spacial score (nSPS) is 11.5. The van der Waals surface area contributed by atoms with Gasteiger partial charge in [0, 0.05) is 12.4 Å². The van der Waals surface area contributed by atoms with Crippen LogP contribution in [0.15, 0.2) is 12.4 Å². The van der Waals surface area contributed by atoms with Gasteiger partial charge in [0.25, 0.3) is 0 Å². The van der Waals surface area contributed by atoms with Crippen molar-refractivity contribution >= 4 is 16.0 Å². The molecular formula is C7H14N4O2S. The molecule has 1 rings (SSSR count). The van der Waals surface area contributed by atoms with Gasteiger partial charge in [0.05, 0.1) is 5.75 Å². The summed E-state index contributed by atoms with van der Waals surface area (Å²) >= 11 is 0. The minimum atomic E-state index is -3.28. The predicted octanol–water partition coefficient (Wildman–Crippen LogP) is -0.110. The Hall–Kier alpha value is -1.08. The molecule has 0 aromatic carbocycles. The molecule has 0 spiro atoms. The van der Waals surface area contributed by atoms with E-state index in [9.17, 15) is 8.42 Å². The van der Waals surface area contributed by atoms with E-state index in [1.54, 1.807) is 6.20 Å². The van der Waals surface area contributed by atoms with Crippen LogP contribution in [0.25, 0.3) is 0 Å². The number of aromatic amines is 1. The van der Waals surface area contributed by atoms with E-state index in [4.69, 9.17) is 5.73 Å². The fourth-order valence-corrected chi connectivity index (χ4v) is 2.05. The van der Waals surface area contributed by atoms with Crippen LogP contribution in [-0.2, 0) is 10.0 Å². The van der Waals surface area contributed by atoms with Gasteiger partial charge in [-0.15, -0.1) is 0 Å². The summed E-state index contributed by atoms with van der Waals surface area (Å²) in [4.78, 5) is 6.42. The number of unbranched alkanes of at least 4 members (excludes halogenated alkanes) is 1. The van der Waals surface area contributed by atoms with E-state index < -0.39 is 10.0 Å². The molecule has 6 nitrogen and oxygen atoms in total. The van der Waals surface area contributed by atoms with E-state index in [1.165, 1.54) is 6.20 Å². The van der Waals surface area contributed by atoms with Crippen molar-refractivity contribution in [3.63, 3.8) is 0 Å². The second-order valence-corrected chi connectivity index (χ2v) is 4.70. The number of nitrogens with zero attached hydrogens (tertiary/aromatic N) is 1. The zero-order valence-corrected chi connectivity index (χ0v) is 8.55. The van der Waals surface area contributed by atoms with Crippen LogP contribution in [0.3, 0.4) is 0 Å². The summed E-state index contributed by atoms with van der Waals surface area (Å²) in [5.41, 5.74) is 5.26. The highest BCUT2D eigenvalue weighted by Gasteiger charge is 2.10. The number of nitrogens with one attached hydrogen (secondary N) is 2. The maximum Gasteiger partial charge on any atom is 0.234 e. The Morgan fingerprint density at radius 2 is 2.29 bits per heavy atom. The lowest BCUT2D eigenvalue weighted by Gasteiger charge is -2.03. The number of rotatable bonds is 6. The van der Waals surface area contributed by atoms with Gasteiger partial charge >= 0.3 is 0 Å². The van der Waals surface area contributed by atoms with Gasteiger partial charge in [0.1, 0.15) is 0 Å². The molecule has 14 heavy (non-hydrogen) atoms. The van der Waals surface area contributed by atoms with Gasteiger partial charge in [-0.25, -0.2) is 13.4 Å². The lowest BCUT2D eigenvalue weighted by Crippen LogP contribution is -2.18. The van der Waals surface area contributed by atoms with Crippen molar-refractivity contribution in [3.8, 4) is 0 Å². The molecule has 1 heterocycles. The van der Waals surface area contributed by atoms with E-state index in [0.29, 0.717) is 19.4 Å². The highest BCUT2D eigenvalue weighted by molar-refractivity contribution is 7.92. The first-order valence-electron chi connectivity index (χ1n) is 4.34. The van der Waals surface area contributed by atoms with Gasteiger partial charge in [-0.1, -0.05) is 0 Å². The molecule has 0 radical (unpaired) electrons. The first-order valence-corrected chi connectivity index (χ1v) is 5.99. The van der Waals surface area contributed by atoms with Crippen LogP contribution in [0.2, 0.25) is 0 Å². The second kappa shape index (κ2) is 4.97. The topological polar surface area (TPSA) is 101 Å². The molecule has 7 heteroatoms. The molecule has 0 saturated heterocycles. The number of H-pyrrole nitrogens is 1. The quantitative estimate of drug-likeness (QED) is 0.580. The van der Waals surface area contributed by atoms with Crippen LogP contribution in [0.5, 0.6) is 0 Å². The zero-order chi connectivity index (χ0) is 10.4. The van der Waals surface area contributed by atoms with Crippen molar-refractivity contribution in [1.82, 2.24) is 9.97 Å². The van der Waals surface area contributed by atoms with Gasteiger partial charge in [0.15, 0.2) is 0 Å². The first-order chi connectivity index (χ1) is 6.64. The molecule has 0 bridgehead atoms. The van der Waals surface area contributed by atoms with E-state index in [0.717, 1.165) is 0 Å². The maximum absolute atomic E-state index is 11.4. The summed E-state index contributed by atoms with van der Waals surface area (Å²) in [6.45, 7) is 0.510. The third-order valence-electron chi connectivity index (χ3n) is 1.62. The Morgan fingerprint density at radius 3 is 2.86 bits per heavy atom. The summed E-state index contributed by atoms with van der Waals surface area (Å²) in [5, 5.41) is 0. The zero-order valence-electron chi connectivity index (χ0n) is 7.73. The number of imidazole rings is 1. The van der Waals surface area contributed by atoms with Crippen LogP contribution in [0.4, 0.5) is 5.95 Å². The number of hydrogen-bond acceptors (Lipinski definition) is 4. The Morgan fingerprint density at radius 1 is 1.50 bits per heavy atom. The molecule has 1 aromatic heterocycles. The highest BCUT2D eigenvalue weighted by atomic mass is 32.2. The van der Waals surface area contributed by atoms with E-state index in [-0.39, 0.29) is 11.7 Å². The Kier molecular flexibility index (Phi) is 3.90. The molecular weight excluding hydrogens is 204 g/mol. The molecule has 0 aliphatic rings. The second-order valence-electron chi connectivity index (χ2n) is 2.85. The van der Waals surface area contributed by atoms with Crippen LogP contribution >= 0.6 is 0 Å². The fourth-order valence-electron chi connectivity index (χ4n) is 0.956. The molecule has 1 aromatic rings. The molecule has 4 N–H and O–H groups in total. The number of anilines is 1. The molecule has 0 atom stereocenters.